The van der Waals surface area contributed by atoms with E-state index in [1.165, 1.54) is 27.5 Å². The van der Waals surface area contributed by atoms with Crippen molar-refractivity contribution in [2.24, 2.45) is 0 Å². The molecular formula is C18H12N2. The quantitative estimate of drug-likeness (QED) is 0.405. The molecule has 0 amide bonds. The van der Waals surface area contributed by atoms with Crippen molar-refractivity contribution in [3.05, 3.63) is 66.2 Å². The van der Waals surface area contributed by atoms with E-state index in [2.05, 4.69) is 59.2 Å². The first kappa shape index (κ1) is 10.2. The van der Waals surface area contributed by atoms with Crippen LogP contribution in [0.1, 0.15) is 5.56 Å². The normalized spacial score (nSPS) is 12.8. The summed E-state index contributed by atoms with van der Waals surface area (Å²) in [6.45, 7) is 0.927. The molecule has 2 aromatic carbocycles. The zero-order valence-electron chi connectivity index (χ0n) is 10.9. The molecule has 0 aliphatic carbocycles. The molecule has 1 aliphatic rings. The summed E-state index contributed by atoms with van der Waals surface area (Å²) in [6.07, 6.45) is 0. The second-order valence-corrected chi connectivity index (χ2v) is 5.36. The third-order valence-electron chi connectivity index (χ3n) is 4.18. The SMILES string of the molecule is c1ccc2nc3c(cc2c1)Cn1c-3cc2ccccc21. The molecule has 0 bridgehead atoms. The van der Waals surface area contributed by atoms with Crippen LogP contribution in [-0.4, -0.2) is 9.55 Å². The summed E-state index contributed by atoms with van der Waals surface area (Å²) in [6, 6.07) is 21.4. The van der Waals surface area contributed by atoms with E-state index >= 15 is 0 Å². The molecule has 0 saturated heterocycles. The summed E-state index contributed by atoms with van der Waals surface area (Å²) >= 11 is 0. The molecule has 5 rings (SSSR count). The highest BCUT2D eigenvalue weighted by atomic mass is 15.0. The molecule has 2 aromatic heterocycles. The van der Waals surface area contributed by atoms with Crippen molar-refractivity contribution in [3.8, 4) is 11.4 Å². The molecule has 2 heteroatoms. The van der Waals surface area contributed by atoms with Gasteiger partial charge in [0.25, 0.3) is 0 Å². The summed E-state index contributed by atoms with van der Waals surface area (Å²) in [4.78, 5) is 4.87. The zero-order valence-corrected chi connectivity index (χ0v) is 10.9. The van der Waals surface area contributed by atoms with Crippen LogP contribution in [0.3, 0.4) is 0 Å². The maximum atomic E-state index is 4.87. The fourth-order valence-electron chi connectivity index (χ4n) is 3.25. The van der Waals surface area contributed by atoms with Gasteiger partial charge in [0.1, 0.15) is 0 Å². The van der Waals surface area contributed by atoms with Crippen LogP contribution in [0, 0.1) is 0 Å². The predicted octanol–water partition coefficient (Wildman–Crippen LogP) is 4.22. The lowest BCUT2D eigenvalue weighted by atomic mass is 10.1. The summed E-state index contributed by atoms with van der Waals surface area (Å²) in [7, 11) is 0. The maximum absolute atomic E-state index is 4.87. The van der Waals surface area contributed by atoms with Gasteiger partial charge in [0, 0.05) is 21.9 Å². The fourth-order valence-corrected chi connectivity index (χ4v) is 3.25. The summed E-state index contributed by atoms with van der Waals surface area (Å²) in [5.41, 5.74) is 6.07. The Balaban J connectivity index is 1.87. The Labute approximate surface area is 116 Å². The summed E-state index contributed by atoms with van der Waals surface area (Å²) in [5.74, 6) is 0. The molecule has 0 unspecified atom stereocenters. The highest BCUT2D eigenvalue weighted by Crippen LogP contribution is 2.37. The van der Waals surface area contributed by atoms with Crippen molar-refractivity contribution in [3.63, 3.8) is 0 Å². The van der Waals surface area contributed by atoms with E-state index in [9.17, 15) is 0 Å². The van der Waals surface area contributed by atoms with Crippen LogP contribution < -0.4 is 0 Å². The molecule has 0 radical (unpaired) electrons. The van der Waals surface area contributed by atoms with Gasteiger partial charge in [-0.3, -0.25) is 0 Å². The highest BCUT2D eigenvalue weighted by molar-refractivity contribution is 5.91. The monoisotopic (exact) mass is 256 g/mol. The van der Waals surface area contributed by atoms with Crippen molar-refractivity contribution in [1.29, 1.82) is 0 Å². The molecule has 0 spiro atoms. The Morgan fingerprint density at radius 1 is 0.850 bits per heavy atom. The van der Waals surface area contributed by atoms with Crippen LogP contribution in [0.4, 0.5) is 0 Å². The van der Waals surface area contributed by atoms with Crippen molar-refractivity contribution in [2.75, 3.05) is 0 Å². The van der Waals surface area contributed by atoms with Crippen LogP contribution in [0.5, 0.6) is 0 Å². The van der Waals surface area contributed by atoms with Crippen molar-refractivity contribution in [2.45, 2.75) is 6.54 Å². The molecule has 4 aromatic rings. The predicted molar refractivity (Wildman–Crippen MR) is 81.8 cm³/mol. The molecule has 1 aliphatic heterocycles. The first-order chi connectivity index (χ1) is 9.90. The molecule has 20 heavy (non-hydrogen) atoms. The largest absolute Gasteiger partial charge is 0.335 e. The van der Waals surface area contributed by atoms with Crippen molar-refractivity contribution >= 4 is 21.8 Å². The van der Waals surface area contributed by atoms with E-state index in [4.69, 9.17) is 4.98 Å². The maximum Gasteiger partial charge on any atom is 0.0924 e. The second kappa shape index (κ2) is 3.48. The lowest BCUT2D eigenvalue weighted by Gasteiger charge is -2.02. The van der Waals surface area contributed by atoms with Gasteiger partial charge in [0.2, 0.25) is 0 Å². The van der Waals surface area contributed by atoms with Gasteiger partial charge in [-0.25, -0.2) is 4.98 Å². The Kier molecular flexibility index (Phi) is 1.78. The Bertz CT molecular complexity index is 979. The topological polar surface area (TPSA) is 17.8 Å². The molecule has 2 nitrogen and oxygen atoms in total. The van der Waals surface area contributed by atoms with E-state index < -0.39 is 0 Å². The Morgan fingerprint density at radius 3 is 2.60 bits per heavy atom. The van der Waals surface area contributed by atoms with Gasteiger partial charge in [0.15, 0.2) is 0 Å². The number of hydrogen-bond donors (Lipinski definition) is 0. The van der Waals surface area contributed by atoms with Gasteiger partial charge >= 0.3 is 0 Å². The summed E-state index contributed by atoms with van der Waals surface area (Å²) < 4.78 is 2.37. The minimum Gasteiger partial charge on any atom is -0.335 e. The van der Waals surface area contributed by atoms with Gasteiger partial charge in [-0.1, -0.05) is 36.4 Å². The number of rotatable bonds is 0. The number of benzene rings is 2. The second-order valence-electron chi connectivity index (χ2n) is 5.36. The smallest absolute Gasteiger partial charge is 0.0924 e. The number of pyridine rings is 1. The first-order valence-corrected chi connectivity index (χ1v) is 6.87. The van der Waals surface area contributed by atoms with Gasteiger partial charge in [-0.15, -0.1) is 0 Å². The molecule has 0 atom stereocenters. The van der Waals surface area contributed by atoms with E-state index in [0.717, 1.165) is 17.8 Å². The van der Waals surface area contributed by atoms with Crippen LogP contribution in [-0.2, 0) is 6.54 Å². The van der Waals surface area contributed by atoms with Gasteiger partial charge in [0.05, 0.1) is 23.4 Å². The van der Waals surface area contributed by atoms with Crippen molar-refractivity contribution < 1.29 is 0 Å². The average Bonchev–Trinajstić information content (AvgIpc) is 3.01. The minimum absolute atomic E-state index is 0.927. The Morgan fingerprint density at radius 2 is 1.65 bits per heavy atom. The van der Waals surface area contributed by atoms with E-state index in [0.29, 0.717) is 0 Å². The molecule has 0 N–H and O–H groups in total. The van der Waals surface area contributed by atoms with Gasteiger partial charge in [-0.2, -0.15) is 0 Å². The third-order valence-corrected chi connectivity index (χ3v) is 4.18. The molecular weight excluding hydrogens is 244 g/mol. The number of aromatic nitrogens is 2. The van der Waals surface area contributed by atoms with Gasteiger partial charge in [-0.05, 0) is 24.3 Å². The number of fused-ring (bicyclic) bond motifs is 6. The van der Waals surface area contributed by atoms with Crippen LogP contribution in [0.25, 0.3) is 33.2 Å². The van der Waals surface area contributed by atoms with E-state index in [1.54, 1.807) is 0 Å². The minimum atomic E-state index is 0.927. The average molecular weight is 256 g/mol. The lowest BCUT2D eigenvalue weighted by molar-refractivity contribution is 0.887. The lowest BCUT2D eigenvalue weighted by Crippen LogP contribution is -1.91. The Hall–Kier alpha value is -2.61. The standard InChI is InChI=1S/C18H12N2/c1-3-7-15-12(5-1)9-14-11-20-16-8-4-2-6-13(16)10-17(20)18(14)19-15/h1-10H,11H2. The molecule has 3 heterocycles. The summed E-state index contributed by atoms with van der Waals surface area (Å²) in [5, 5.41) is 2.52. The van der Waals surface area contributed by atoms with Crippen molar-refractivity contribution in [1.82, 2.24) is 9.55 Å². The number of nitrogens with zero attached hydrogens (tertiary/aromatic N) is 2. The van der Waals surface area contributed by atoms with E-state index in [1.807, 2.05) is 6.07 Å². The first-order valence-electron chi connectivity index (χ1n) is 6.87. The van der Waals surface area contributed by atoms with Gasteiger partial charge < -0.3 is 4.57 Å². The number of hydrogen-bond acceptors (Lipinski definition) is 1. The van der Waals surface area contributed by atoms with E-state index in [-0.39, 0.29) is 0 Å². The number of para-hydroxylation sites is 2. The van der Waals surface area contributed by atoms with Crippen LogP contribution in [0.2, 0.25) is 0 Å². The zero-order chi connectivity index (χ0) is 13.1. The van der Waals surface area contributed by atoms with Crippen LogP contribution >= 0.6 is 0 Å². The molecule has 94 valence electrons. The molecule has 0 fully saturated rings. The third kappa shape index (κ3) is 1.21. The highest BCUT2D eigenvalue weighted by Gasteiger charge is 2.22. The van der Waals surface area contributed by atoms with Crippen LogP contribution in [0.15, 0.2) is 60.7 Å². The fraction of sp³-hybridized carbons (Fsp3) is 0.0556. The molecule has 0 saturated carbocycles.